The van der Waals surface area contributed by atoms with Gasteiger partial charge in [-0.15, -0.1) is 0 Å². The lowest BCUT2D eigenvalue weighted by Gasteiger charge is -2.25. The molecule has 0 saturated heterocycles. The minimum atomic E-state index is -4.39. The number of halogens is 3. The second kappa shape index (κ2) is 7.97. The molecule has 0 unspecified atom stereocenters. The van der Waals surface area contributed by atoms with Gasteiger partial charge in [-0.1, -0.05) is 36.4 Å². The van der Waals surface area contributed by atoms with Crippen LogP contribution in [0.25, 0.3) is 0 Å². The van der Waals surface area contributed by atoms with E-state index in [2.05, 4.69) is 5.32 Å². The summed E-state index contributed by atoms with van der Waals surface area (Å²) in [6.07, 6.45) is -0.734. The van der Waals surface area contributed by atoms with E-state index in [-0.39, 0.29) is 0 Å². The number of nitrogens with one attached hydrogen (secondary N) is 1. The van der Waals surface area contributed by atoms with Crippen LogP contribution in [0.5, 0.6) is 0 Å². The van der Waals surface area contributed by atoms with E-state index in [1.807, 2.05) is 49.4 Å². The average molecular weight is 350 g/mol. The summed E-state index contributed by atoms with van der Waals surface area (Å²) in [7, 11) is 0. The second-order valence-corrected chi connectivity index (χ2v) is 5.41. The molecular formula is C18H17F3N2S. The lowest BCUT2D eigenvalue weighted by atomic mass is 10.2. The molecule has 2 nitrogen and oxygen atoms in total. The highest BCUT2D eigenvalue weighted by molar-refractivity contribution is 7.80. The number of anilines is 2. The van der Waals surface area contributed by atoms with Gasteiger partial charge >= 0.3 is 6.18 Å². The predicted molar refractivity (Wildman–Crippen MR) is 96.3 cm³/mol. The standard InChI is InChI=1S/C18H17F3N2S/c1-2-3-12-23(17(24)22-15-9-5-4-6-10-15)16-11-7-8-14(13-16)18(19,20)21/h2-11,13H,12H2,1H3,(H,22,24). The van der Waals surface area contributed by atoms with Crippen LogP contribution in [0.15, 0.2) is 66.7 Å². The molecule has 0 aromatic heterocycles. The van der Waals surface area contributed by atoms with E-state index >= 15 is 0 Å². The molecule has 0 saturated carbocycles. The third-order valence-electron chi connectivity index (χ3n) is 3.28. The van der Waals surface area contributed by atoms with Crippen molar-refractivity contribution in [1.82, 2.24) is 0 Å². The molecule has 2 aromatic carbocycles. The lowest BCUT2D eigenvalue weighted by molar-refractivity contribution is -0.137. The number of alkyl halides is 3. The molecule has 0 aliphatic carbocycles. The average Bonchev–Trinajstić information content (AvgIpc) is 2.55. The molecule has 0 atom stereocenters. The van der Waals surface area contributed by atoms with Gasteiger partial charge in [0.25, 0.3) is 0 Å². The van der Waals surface area contributed by atoms with Crippen LogP contribution in [-0.4, -0.2) is 11.7 Å². The molecule has 0 fully saturated rings. The van der Waals surface area contributed by atoms with Gasteiger partial charge in [0.15, 0.2) is 5.11 Å². The molecule has 2 rings (SSSR count). The van der Waals surface area contributed by atoms with Crippen molar-refractivity contribution in [3.05, 3.63) is 72.3 Å². The van der Waals surface area contributed by atoms with Crippen LogP contribution in [0.2, 0.25) is 0 Å². The Morgan fingerprint density at radius 2 is 1.83 bits per heavy atom. The van der Waals surface area contributed by atoms with Crippen molar-refractivity contribution in [2.75, 3.05) is 16.8 Å². The van der Waals surface area contributed by atoms with E-state index in [9.17, 15) is 13.2 Å². The van der Waals surface area contributed by atoms with Crippen molar-refractivity contribution in [2.24, 2.45) is 0 Å². The van der Waals surface area contributed by atoms with Crippen molar-refractivity contribution in [1.29, 1.82) is 0 Å². The van der Waals surface area contributed by atoms with E-state index in [1.165, 1.54) is 6.07 Å². The molecule has 0 radical (unpaired) electrons. The fourth-order valence-electron chi connectivity index (χ4n) is 2.08. The van der Waals surface area contributed by atoms with Crippen molar-refractivity contribution in [2.45, 2.75) is 13.1 Å². The second-order valence-electron chi connectivity index (χ2n) is 5.02. The number of para-hydroxylation sites is 1. The summed E-state index contributed by atoms with van der Waals surface area (Å²) in [6, 6.07) is 14.4. The Morgan fingerprint density at radius 3 is 2.46 bits per heavy atom. The van der Waals surface area contributed by atoms with Crippen LogP contribution in [0.4, 0.5) is 24.5 Å². The Bertz CT molecular complexity index is 712. The van der Waals surface area contributed by atoms with Gasteiger partial charge in [-0.3, -0.25) is 0 Å². The maximum Gasteiger partial charge on any atom is 0.416 e. The number of rotatable bonds is 4. The highest BCUT2D eigenvalue weighted by Gasteiger charge is 2.31. The smallest absolute Gasteiger partial charge is 0.332 e. The highest BCUT2D eigenvalue weighted by atomic mass is 32.1. The van der Waals surface area contributed by atoms with Crippen LogP contribution in [0, 0.1) is 0 Å². The van der Waals surface area contributed by atoms with Gasteiger partial charge in [0.1, 0.15) is 0 Å². The minimum Gasteiger partial charge on any atom is -0.332 e. The predicted octanol–water partition coefficient (Wildman–Crippen LogP) is 5.48. The molecule has 0 aliphatic heterocycles. The molecule has 24 heavy (non-hydrogen) atoms. The van der Waals surface area contributed by atoms with Gasteiger partial charge in [-0.25, -0.2) is 0 Å². The first kappa shape index (κ1) is 18.0. The summed E-state index contributed by atoms with van der Waals surface area (Å²) >= 11 is 5.39. The summed E-state index contributed by atoms with van der Waals surface area (Å²) < 4.78 is 38.9. The summed E-state index contributed by atoms with van der Waals surface area (Å²) in [4.78, 5) is 1.62. The molecular weight excluding hydrogens is 333 g/mol. The largest absolute Gasteiger partial charge is 0.416 e. The number of hydrogen-bond acceptors (Lipinski definition) is 1. The van der Waals surface area contributed by atoms with Crippen LogP contribution in [0.3, 0.4) is 0 Å². The Morgan fingerprint density at radius 1 is 1.12 bits per heavy atom. The zero-order chi connectivity index (χ0) is 17.6. The molecule has 0 heterocycles. The number of thiocarbonyl (C=S) groups is 1. The van der Waals surface area contributed by atoms with Crippen LogP contribution in [-0.2, 0) is 6.18 Å². The first-order valence-corrected chi connectivity index (χ1v) is 7.74. The Balaban J connectivity index is 2.29. The van der Waals surface area contributed by atoms with Gasteiger partial charge in [-0.05, 0) is 49.5 Å². The van der Waals surface area contributed by atoms with Crippen LogP contribution < -0.4 is 10.2 Å². The number of hydrogen-bond donors (Lipinski definition) is 1. The van der Waals surface area contributed by atoms with E-state index in [0.29, 0.717) is 17.3 Å². The SMILES string of the molecule is CC=CCN(C(=S)Nc1ccccc1)c1cccc(C(F)(F)F)c1. The van der Waals surface area contributed by atoms with Crippen molar-refractivity contribution < 1.29 is 13.2 Å². The molecule has 0 amide bonds. The topological polar surface area (TPSA) is 15.3 Å². The molecule has 0 bridgehead atoms. The zero-order valence-electron chi connectivity index (χ0n) is 13.0. The molecule has 0 spiro atoms. The summed E-state index contributed by atoms with van der Waals surface area (Å²) in [5, 5.41) is 3.38. The molecule has 2 aromatic rings. The van der Waals surface area contributed by atoms with Crippen molar-refractivity contribution in [3.8, 4) is 0 Å². The first-order valence-electron chi connectivity index (χ1n) is 7.34. The van der Waals surface area contributed by atoms with E-state index in [1.54, 1.807) is 11.0 Å². The Kier molecular flexibility index (Phi) is 5.98. The zero-order valence-corrected chi connectivity index (χ0v) is 13.9. The third-order valence-corrected chi connectivity index (χ3v) is 3.60. The summed E-state index contributed by atoms with van der Waals surface area (Å²) in [5.41, 5.74) is 0.462. The Labute approximate surface area is 144 Å². The maximum absolute atomic E-state index is 13.0. The molecule has 126 valence electrons. The fourth-order valence-corrected chi connectivity index (χ4v) is 2.38. The fraction of sp³-hybridized carbons (Fsp3) is 0.167. The summed E-state index contributed by atoms with van der Waals surface area (Å²) in [6.45, 7) is 2.22. The van der Waals surface area contributed by atoms with Crippen LogP contribution in [0.1, 0.15) is 12.5 Å². The Hall–Kier alpha value is -2.34. The number of nitrogens with zero attached hydrogens (tertiary/aromatic N) is 1. The van der Waals surface area contributed by atoms with Crippen molar-refractivity contribution in [3.63, 3.8) is 0 Å². The monoisotopic (exact) mass is 350 g/mol. The van der Waals surface area contributed by atoms with E-state index in [0.717, 1.165) is 17.8 Å². The third kappa shape index (κ3) is 4.83. The van der Waals surface area contributed by atoms with E-state index in [4.69, 9.17) is 12.2 Å². The molecule has 6 heteroatoms. The quantitative estimate of drug-likeness (QED) is 0.580. The molecule has 0 aliphatic rings. The van der Waals surface area contributed by atoms with Gasteiger partial charge in [-0.2, -0.15) is 13.2 Å². The number of benzene rings is 2. The van der Waals surface area contributed by atoms with Crippen LogP contribution >= 0.6 is 12.2 Å². The molecule has 1 N–H and O–H groups in total. The maximum atomic E-state index is 13.0. The van der Waals surface area contributed by atoms with E-state index < -0.39 is 11.7 Å². The number of allylic oxidation sites excluding steroid dienone is 1. The van der Waals surface area contributed by atoms with Gasteiger partial charge in [0.05, 0.1) is 5.56 Å². The first-order chi connectivity index (χ1) is 11.4. The summed E-state index contributed by atoms with van der Waals surface area (Å²) in [5.74, 6) is 0. The van der Waals surface area contributed by atoms with Gasteiger partial charge in [0, 0.05) is 17.9 Å². The lowest BCUT2D eigenvalue weighted by Crippen LogP contribution is -2.35. The van der Waals surface area contributed by atoms with Gasteiger partial charge in [0.2, 0.25) is 0 Å². The highest BCUT2D eigenvalue weighted by Crippen LogP contribution is 2.31. The normalized spacial score (nSPS) is 11.5. The van der Waals surface area contributed by atoms with Gasteiger partial charge < -0.3 is 10.2 Å². The van der Waals surface area contributed by atoms with Crippen molar-refractivity contribution >= 4 is 28.7 Å². The minimum absolute atomic E-state index is 0.332.